The van der Waals surface area contributed by atoms with Crippen LogP contribution in [0.1, 0.15) is 0 Å². The predicted octanol–water partition coefficient (Wildman–Crippen LogP) is 2.33. The van der Waals surface area contributed by atoms with Crippen molar-refractivity contribution in [3.8, 4) is 17.2 Å². The molecular weight excluding hydrogens is 200 g/mol. The van der Waals surface area contributed by atoms with Gasteiger partial charge in [-0.15, -0.1) is 10.2 Å². The minimum Gasteiger partial charge on any atom is -0.508 e. The monoisotopic (exact) mass is 207 g/mol. The molecule has 2 rings (SSSR count). The molecule has 0 saturated heterocycles. The van der Waals surface area contributed by atoms with E-state index in [-0.39, 0.29) is 5.75 Å². The number of hydrogen-bond acceptors (Lipinski definition) is 5. The lowest BCUT2D eigenvalue weighted by Crippen LogP contribution is -1.76. The molecule has 1 N–H and O–H groups in total. The van der Waals surface area contributed by atoms with Crippen LogP contribution in [0.4, 0.5) is 0 Å². The summed E-state index contributed by atoms with van der Waals surface area (Å²) in [7, 11) is 0. The number of hydrogen-bond donors (Lipinski definition) is 1. The van der Waals surface area contributed by atoms with Crippen LogP contribution in [-0.4, -0.2) is 15.3 Å². The fraction of sp³-hybridized carbons (Fsp3) is 0. The Labute approximate surface area is 85.0 Å². The van der Waals surface area contributed by atoms with Crippen molar-refractivity contribution in [1.82, 2.24) is 10.2 Å². The fourth-order valence-electron chi connectivity index (χ4n) is 0.989. The number of aromatic hydroxyl groups is 1. The van der Waals surface area contributed by atoms with Gasteiger partial charge in [0.2, 0.25) is 5.89 Å². The molecule has 0 saturated carbocycles. The van der Waals surface area contributed by atoms with Crippen molar-refractivity contribution in [1.29, 1.82) is 0 Å². The van der Waals surface area contributed by atoms with Crippen molar-refractivity contribution >= 4 is 11.8 Å². The van der Waals surface area contributed by atoms with E-state index in [1.54, 1.807) is 24.3 Å². The number of phenolic OH excluding ortho intramolecular Hbond substituents is 1. The highest BCUT2D eigenvalue weighted by atomic mass is 32.2. The molecule has 0 aliphatic heterocycles. The summed E-state index contributed by atoms with van der Waals surface area (Å²) in [6.45, 7) is 0. The van der Waals surface area contributed by atoms with E-state index >= 15 is 0 Å². The molecule has 1 aromatic carbocycles. The van der Waals surface area contributed by atoms with Crippen LogP contribution in [0, 0.1) is 6.26 Å². The number of rotatable bonds is 2. The minimum absolute atomic E-state index is 0.208. The van der Waals surface area contributed by atoms with Gasteiger partial charge in [-0.05, 0) is 24.3 Å². The van der Waals surface area contributed by atoms with Gasteiger partial charge < -0.3 is 9.52 Å². The first-order chi connectivity index (χ1) is 6.79. The van der Waals surface area contributed by atoms with Crippen LogP contribution in [0.5, 0.6) is 5.75 Å². The van der Waals surface area contributed by atoms with Crippen LogP contribution in [0.25, 0.3) is 11.5 Å². The Hall–Kier alpha value is -1.49. The second-order valence-electron chi connectivity index (χ2n) is 2.56. The molecule has 71 valence electrons. The number of phenols is 1. The summed E-state index contributed by atoms with van der Waals surface area (Å²) in [6.07, 6.45) is 3.56. The molecule has 0 fully saturated rings. The molecule has 1 aromatic heterocycles. The zero-order valence-corrected chi connectivity index (χ0v) is 7.99. The average Bonchev–Trinajstić information content (AvgIpc) is 2.67. The standard InChI is InChI=1S/C9H7N2O2S/c1-14-9-11-10-8(13-9)6-2-4-7(12)5-3-6/h2-5,12H,1H2. The molecule has 0 aliphatic carbocycles. The topological polar surface area (TPSA) is 59.2 Å². The summed E-state index contributed by atoms with van der Waals surface area (Å²) in [6, 6.07) is 6.55. The van der Waals surface area contributed by atoms with Crippen LogP contribution < -0.4 is 0 Å². The molecule has 1 radical (unpaired) electrons. The molecule has 0 atom stereocenters. The molecular formula is C9H7N2O2S. The Morgan fingerprint density at radius 3 is 2.50 bits per heavy atom. The van der Waals surface area contributed by atoms with Crippen molar-refractivity contribution in [2.24, 2.45) is 0 Å². The Bertz CT molecular complexity index is 425. The molecule has 0 bridgehead atoms. The van der Waals surface area contributed by atoms with E-state index in [1.165, 1.54) is 0 Å². The van der Waals surface area contributed by atoms with Crippen LogP contribution in [-0.2, 0) is 0 Å². The van der Waals surface area contributed by atoms with E-state index in [2.05, 4.69) is 16.5 Å². The van der Waals surface area contributed by atoms with Crippen molar-refractivity contribution in [2.45, 2.75) is 5.22 Å². The van der Waals surface area contributed by atoms with Gasteiger partial charge in [0, 0.05) is 11.8 Å². The van der Waals surface area contributed by atoms with E-state index in [0.717, 1.165) is 17.3 Å². The van der Waals surface area contributed by atoms with Gasteiger partial charge >= 0.3 is 0 Å². The van der Waals surface area contributed by atoms with E-state index < -0.39 is 0 Å². The Morgan fingerprint density at radius 2 is 1.93 bits per heavy atom. The normalized spacial score (nSPS) is 10.4. The largest absolute Gasteiger partial charge is 0.508 e. The highest BCUT2D eigenvalue weighted by Gasteiger charge is 2.06. The molecule has 2 aromatic rings. The molecule has 5 heteroatoms. The van der Waals surface area contributed by atoms with E-state index in [4.69, 9.17) is 9.52 Å². The average molecular weight is 207 g/mol. The lowest BCUT2D eigenvalue weighted by molar-refractivity contribution is 0.465. The summed E-state index contributed by atoms with van der Waals surface area (Å²) in [5.74, 6) is 0.635. The molecule has 0 aliphatic rings. The summed E-state index contributed by atoms with van der Waals surface area (Å²) in [5, 5.41) is 17.1. The molecule has 1 heterocycles. The first kappa shape index (κ1) is 9.08. The Kier molecular flexibility index (Phi) is 2.41. The van der Waals surface area contributed by atoms with Crippen LogP contribution in [0.2, 0.25) is 0 Å². The van der Waals surface area contributed by atoms with Crippen molar-refractivity contribution in [2.75, 3.05) is 0 Å². The lowest BCUT2D eigenvalue weighted by atomic mass is 10.2. The van der Waals surface area contributed by atoms with Gasteiger partial charge in [0.15, 0.2) is 0 Å². The maximum Gasteiger partial charge on any atom is 0.276 e. The van der Waals surface area contributed by atoms with Crippen molar-refractivity contribution in [3.05, 3.63) is 30.5 Å². The van der Waals surface area contributed by atoms with Crippen LogP contribution >= 0.6 is 11.8 Å². The highest BCUT2D eigenvalue weighted by molar-refractivity contribution is 8.00. The summed E-state index contributed by atoms with van der Waals surface area (Å²) >= 11 is 1.15. The second-order valence-corrected chi connectivity index (χ2v) is 3.20. The predicted molar refractivity (Wildman–Crippen MR) is 52.6 cm³/mol. The van der Waals surface area contributed by atoms with Crippen LogP contribution in [0.3, 0.4) is 0 Å². The molecule has 0 amide bonds. The van der Waals surface area contributed by atoms with Gasteiger partial charge in [-0.2, -0.15) is 0 Å². The number of aromatic nitrogens is 2. The van der Waals surface area contributed by atoms with Crippen LogP contribution in [0.15, 0.2) is 33.9 Å². The van der Waals surface area contributed by atoms with Gasteiger partial charge in [0.05, 0.1) is 0 Å². The quantitative estimate of drug-likeness (QED) is 0.766. The second kappa shape index (κ2) is 3.71. The first-order valence-electron chi connectivity index (χ1n) is 3.84. The maximum atomic E-state index is 9.07. The third-order valence-corrected chi connectivity index (χ3v) is 2.06. The third kappa shape index (κ3) is 1.72. The van der Waals surface area contributed by atoms with Gasteiger partial charge in [0.25, 0.3) is 5.22 Å². The zero-order valence-electron chi connectivity index (χ0n) is 7.17. The Balaban J connectivity index is 2.34. The fourth-order valence-corrected chi connectivity index (χ4v) is 1.23. The number of benzene rings is 1. The summed E-state index contributed by atoms with van der Waals surface area (Å²) in [4.78, 5) is 0. The number of nitrogens with zero attached hydrogens (tertiary/aromatic N) is 2. The Morgan fingerprint density at radius 1 is 1.21 bits per heavy atom. The maximum absolute atomic E-state index is 9.07. The summed E-state index contributed by atoms with van der Waals surface area (Å²) < 4.78 is 5.26. The summed E-state index contributed by atoms with van der Waals surface area (Å²) in [5.41, 5.74) is 0.774. The van der Waals surface area contributed by atoms with E-state index in [0.29, 0.717) is 11.1 Å². The SMILES string of the molecule is [CH2]Sc1nnc(-c2ccc(O)cc2)o1. The molecule has 4 nitrogen and oxygen atoms in total. The third-order valence-electron chi connectivity index (χ3n) is 1.64. The molecule has 0 unspecified atom stereocenters. The smallest absolute Gasteiger partial charge is 0.276 e. The molecule has 0 spiro atoms. The van der Waals surface area contributed by atoms with Gasteiger partial charge in [0.1, 0.15) is 5.75 Å². The minimum atomic E-state index is 0.208. The highest BCUT2D eigenvalue weighted by Crippen LogP contribution is 2.23. The van der Waals surface area contributed by atoms with E-state index in [1.807, 2.05) is 0 Å². The van der Waals surface area contributed by atoms with Gasteiger partial charge in [-0.25, -0.2) is 0 Å². The van der Waals surface area contributed by atoms with Gasteiger partial charge in [-0.1, -0.05) is 11.8 Å². The number of thioether (sulfide) groups is 1. The van der Waals surface area contributed by atoms with Crippen molar-refractivity contribution < 1.29 is 9.52 Å². The zero-order chi connectivity index (χ0) is 9.97. The lowest BCUT2D eigenvalue weighted by Gasteiger charge is -1.93. The van der Waals surface area contributed by atoms with Gasteiger partial charge in [-0.3, -0.25) is 0 Å². The van der Waals surface area contributed by atoms with E-state index in [9.17, 15) is 0 Å². The molecule has 14 heavy (non-hydrogen) atoms. The first-order valence-corrected chi connectivity index (χ1v) is 4.83. The van der Waals surface area contributed by atoms with Crippen molar-refractivity contribution in [3.63, 3.8) is 0 Å².